The number of carbonyl (C=O) groups excluding carboxylic acids is 2. The van der Waals surface area contributed by atoms with E-state index >= 15 is 0 Å². The van der Waals surface area contributed by atoms with Crippen LogP contribution in [0.5, 0.6) is 0 Å². The molecule has 0 unspecified atom stereocenters. The molecule has 0 spiro atoms. The third-order valence-electron chi connectivity index (χ3n) is 3.77. The number of hydrogen-bond donors (Lipinski definition) is 1. The molecule has 1 aromatic rings. The number of carbonyl (C=O) groups is 3. The number of benzene rings is 1. The summed E-state index contributed by atoms with van der Waals surface area (Å²) in [5.74, 6) is -1.10. The van der Waals surface area contributed by atoms with E-state index < -0.39 is 12.1 Å². The average Bonchev–Trinajstić information content (AvgIpc) is 2.56. The molecule has 6 nitrogen and oxygen atoms in total. The lowest BCUT2D eigenvalue weighted by Gasteiger charge is -2.20. The van der Waals surface area contributed by atoms with E-state index in [4.69, 9.17) is 9.84 Å². The lowest BCUT2D eigenvalue weighted by Crippen LogP contribution is -2.41. The van der Waals surface area contributed by atoms with E-state index in [1.165, 1.54) is 6.08 Å². The van der Waals surface area contributed by atoms with Crippen LogP contribution in [0, 0.1) is 0 Å². The second-order valence-corrected chi connectivity index (χ2v) is 5.67. The molecule has 1 N–H and O–H groups in total. The minimum absolute atomic E-state index is 0.134. The fourth-order valence-corrected chi connectivity index (χ4v) is 2.42. The number of amides is 2. The van der Waals surface area contributed by atoms with Gasteiger partial charge in [-0.25, -0.2) is 14.5 Å². The quantitative estimate of drug-likeness (QED) is 0.574. The predicted molar refractivity (Wildman–Crippen MR) is 92.7 cm³/mol. The van der Waals surface area contributed by atoms with E-state index in [0.29, 0.717) is 12.2 Å². The molecule has 0 aliphatic heterocycles. The van der Waals surface area contributed by atoms with Crippen molar-refractivity contribution in [3.05, 3.63) is 46.9 Å². The van der Waals surface area contributed by atoms with Crippen molar-refractivity contribution in [3.63, 3.8) is 0 Å². The Hall–Kier alpha value is -2.89. The van der Waals surface area contributed by atoms with Crippen molar-refractivity contribution < 1.29 is 24.2 Å². The lowest BCUT2D eigenvalue weighted by molar-refractivity contribution is -0.132. The fraction of sp³-hybridized carbons (Fsp3) is 0.316. The van der Waals surface area contributed by atoms with Gasteiger partial charge in [0.2, 0.25) is 5.91 Å². The van der Waals surface area contributed by atoms with E-state index in [1.54, 1.807) is 6.08 Å². The normalized spacial score (nSPS) is 12.1. The smallest absolute Gasteiger partial charge is 0.422 e. The summed E-state index contributed by atoms with van der Waals surface area (Å²) in [4.78, 5) is 36.2. The van der Waals surface area contributed by atoms with Crippen LogP contribution in [-0.2, 0) is 14.3 Å². The Morgan fingerprint density at radius 2 is 1.96 bits per heavy atom. The molecule has 0 heterocycles. The number of unbranched alkanes of at least 4 members (excludes halogenated alkanes) is 2. The summed E-state index contributed by atoms with van der Waals surface area (Å²) in [6.07, 6.45) is 5.82. The topological polar surface area (TPSA) is 83.9 Å². The minimum Gasteiger partial charge on any atom is -0.478 e. The van der Waals surface area contributed by atoms with E-state index in [2.05, 4.69) is 0 Å². The SMILES string of the molecule is CCCCCC(=O)N(CC=CC(=O)O)C(=O)OC1=c2ccccc2=C1. The van der Waals surface area contributed by atoms with Gasteiger partial charge in [0.25, 0.3) is 0 Å². The average molecular weight is 343 g/mol. The molecule has 0 saturated carbocycles. The highest BCUT2D eigenvalue weighted by Crippen LogP contribution is 2.10. The molecule has 25 heavy (non-hydrogen) atoms. The number of ether oxygens (including phenoxy) is 1. The van der Waals surface area contributed by atoms with Gasteiger partial charge in [-0.15, -0.1) is 0 Å². The van der Waals surface area contributed by atoms with E-state index in [1.807, 2.05) is 31.2 Å². The van der Waals surface area contributed by atoms with Gasteiger partial charge in [-0.1, -0.05) is 50.1 Å². The van der Waals surface area contributed by atoms with Gasteiger partial charge < -0.3 is 9.84 Å². The molecule has 0 fully saturated rings. The Labute approximate surface area is 145 Å². The second-order valence-electron chi connectivity index (χ2n) is 5.67. The van der Waals surface area contributed by atoms with E-state index in [9.17, 15) is 14.4 Å². The zero-order valence-electron chi connectivity index (χ0n) is 14.1. The van der Waals surface area contributed by atoms with Gasteiger partial charge in [-0.05, 0) is 17.7 Å². The molecule has 0 atom stereocenters. The Morgan fingerprint density at radius 1 is 1.20 bits per heavy atom. The number of carboxylic acid groups (broad SMARTS) is 1. The highest BCUT2D eigenvalue weighted by atomic mass is 16.6. The first kappa shape index (κ1) is 18.4. The summed E-state index contributed by atoms with van der Waals surface area (Å²) in [5, 5.41) is 10.4. The molecule has 2 rings (SSSR count). The first-order valence-electron chi connectivity index (χ1n) is 8.25. The lowest BCUT2D eigenvalue weighted by atomic mass is 10.1. The van der Waals surface area contributed by atoms with Crippen LogP contribution in [0.15, 0.2) is 36.4 Å². The Balaban J connectivity index is 2.07. The van der Waals surface area contributed by atoms with E-state index in [-0.39, 0.29) is 18.9 Å². The highest BCUT2D eigenvalue weighted by Gasteiger charge is 2.23. The van der Waals surface area contributed by atoms with Crippen LogP contribution in [0.25, 0.3) is 11.8 Å². The molecule has 0 aromatic heterocycles. The van der Waals surface area contributed by atoms with Gasteiger partial charge in [0.05, 0.1) is 6.54 Å². The van der Waals surface area contributed by atoms with Crippen LogP contribution in [0.3, 0.4) is 0 Å². The number of rotatable bonds is 8. The molecule has 132 valence electrons. The molecule has 0 radical (unpaired) electrons. The van der Waals surface area contributed by atoms with Crippen LogP contribution in [0.1, 0.15) is 32.6 Å². The third kappa shape index (κ3) is 5.04. The third-order valence-corrected chi connectivity index (χ3v) is 3.77. The summed E-state index contributed by atoms with van der Waals surface area (Å²) in [6, 6.07) is 7.45. The van der Waals surface area contributed by atoms with Crippen molar-refractivity contribution in [2.24, 2.45) is 0 Å². The number of nitrogens with zero attached hydrogens (tertiary/aromatic N) is 1. The van der Waals surface area contributed by atoms with Crippen molar-refractivity contribution in [3.8, 4) is 0 Å². The molecule has 6 heteroatoms. The first-order chi connectivity index (χ1) is 12.0. The largest absolute Gasteiger partial charge is 0.478 e. The summed E-state index contributed by atoms with van der Waals surface area (Å²) >= 11 is 0. The fourth-order valence-electron chi connectivity index (χ4n) is 2.42. The Bertz CT molecular complexity index is 809. The summed E-state index contributed by atoms with van der Waals surface area (Å²) in [7, 11) is 0. The van der Waals surface area contributed by atoms with Crippen molar-refractivity contribution in [2.45, 2.75) is 32.6 Å². The van der Waals surface area contributed by atoms with Gasteiger partial charge in [-0.2, -0.15) is 0 Å². The molecular weight excluding hydrogens is 322 g/mol. The minimum atomic E-state index is -1.14. The van der Waals surface area contributed by atoms with Crippen molar-refractivity contribution in [1.82, 2.24) is 4.90 Å². The standard InChI is InChI=1S/C19H21NO5/c1-2-3-4-10-17(21)20(12-7-11-18(22)23)19(24)25-16-13-14-8-5-6-9-15(14)16/h5-9,11,13H,2-4,10,12H2,1H3,(H,22,23). The van der Waals surface area contributed by atoms with Gasteiger partial charge in [0.15, 0.2) is 0 Å². The second kappa shape index (κ2) is 8.82. The van der Waals surface area contributed by atoms with Crippen LogP contribution in [0.2, 0.25) is 0 Å². The molecule has 0 saturated heterocycles. The first-order valence-corrected chi connectivity index (χ1v) is 8.25. The number of imide groups is 1. The van der Waals surface area contributed by atoms with Crippen LogP contribution >= 0.6 is 0 Å². The molecule has 1 aliphatic carbocycles. The molecule has 1 aliphatic rings. The molecular formula is C19H21NO5. The number of hydrogen-bond acceptors (Lipinski definition) is 4. The van der Waals surface area contributed by atoms with Crippen molar-refractivity contribution in [2.75, 3.05) is 6.54 Å². The Kier molecular flexibility index (Phi) is 6.51. The predicted octanol–water partition coefficient (Wildman–Crippen LogP) is 1.78. The van der Waals surface area contributed by atoms with Crippen molar-refractivity contribution >= 4 is 29.8 Å². The number of carboxylic acids is 1. The van der Waals surface area contributed by atoms with Gasteiger partial charge in [0, 0.05) is 17.7 Å². The zero-order chi connectivity index (χ0) is 18.2. The molecule has 1 aromatic carbocycles. The highest BCUT2D eigenvalue weighted by molar-refractivity contribution is 5.95. The van der Waals surface area contributed by atoms with E-state index in [0.717, 1.165) is 34.3 Å². The number of fused-ring (bicyclic) bond motifs is 1. The molecule has 0 bridgehead atoms. The monoisotopic (exact) mass is 343 g/mol. The van der Waals surface area contributed by atoms with Crippen LogP contribution in [-0.4, -0.2) is 34.5 Å². The number of aliphatic carboxylic acids is 1. The maximum Gasteiger partial charge on any atom is 0.422 e. The van der Waals surface area contributed by atoms with Crippen LogP contribution < -0.4 is 10.4 Å². The van der Waals surface area contributed by atoms with Gasteiger partial charge in [-0.3, -0.25) is 4.79 Å². The van der Waals surface area contributed by atoms with Crippen LogP contribution in [0.4, 0.5) is 4.79 Å². The Morgan fingerprint density at radius 3 is 2.64 bits per heavy atom. The maximum atomic E-state index is 12.4. The van der Waals surface area contributed by atoms with Gasteiger partial charge in [0.1, 0.15) is 5.76 Å². The summed E-state index contributed by atoms with van der Waals surface area (Å²) in [5.41, 5.74) is 0. The molecule has 2 amide bonds. The zero-order valence-corrected chi connectivity index (χ0v) is 14.1. The summed E-state index contributed by atoms with van der Waals surface area (Å²) in [6.45, 7) is 1.89. The van der Waals surface area contributed by atoms with Crippen molar-refractivity contribution in [1.29, 1.82) is 0 Å². The summed E-state index contributed by atoms with van der Waals surface area (Å²) < 4.78 is 5.31. The van der Waals surface area contributed by atoms with Gasteiger partial charge >= 0.3 is 12.1 Å². The maximum absolute atomic E-state index is 12.4.